The molecule has 1 saturated carbocycles. The van der Waals surface area contributed by atoms with Crippen molar-refractivity contribution < 1.29 is 18.3 Å². The summed E-state index contributed by atoms with van der Waals surface area (Å²) in [7, 11) is 0. The van der Waals surface area contributed by atoms with Crippen LogP contribution < -0.4 is 0 Å². The number of hydrogen-bond donors (Lipinski definition) is 1. The number of hydrogen-bond acceptors (Lipinski definition) is 1. The molecular formula is C17H23F3O. The minimum absolute atomic E-state index is 0.164. The Morgan fingerprint density at radius 3 is 1.86 bits per heavy atom. The predicted molar refractivity (Wildman–Crippen MR) is 76.7 cm³/mol. The van der Waals surface area contributed by atoms with Gasteiger partial charge in [0.1, 0.15) is 0 Å². The Balaban J connectivity index is 1.99. The van der Waals surface area contributed by atoms with Crippen LogP contribution in [0.25, 0.3) is 0 Å². The summed E-state index contributed by atoms with van der Waals surface area (Å²) in [6, 6.07) is 4.92. The second-order valence-corrected chi connectivity index (χ2v) is 6.48. The average molecular weight is 300 g/mol. The quantitative estimate of drug-likeness (QED) is 0.813. The molecule has 1 unspecified atom stereocenters. The van der Waals surface area contributed by atoms with Crippen LogP contribution in [0.15, 0.2) is 24.3 Å². The monoisotopic (exact) mass is 300 g/mol. The van der Waals surface area contributed by atoms with E-state index in [4.69, 9.17) is 0 Å². The van der Waals surface area contributed by atoms with Crippen LogP contribution in [-0.4, -0.2) is 5.11 Å². The number of aliphatic hydroxyl groups excluding tert-OH is 1. The molecule has 0 bridgehead atoms. The zero-order chi connectivity index (χ0) is 15.6. The molecule has 0 aliphatic heterocycles. The number of benzene rings is 1. The highest BCUT2D eigenvalue weighted by Crippen LogP contribution is 2.39. The van der Waals surface area contributed by atoms with E-state index in [1.165, 1.54) is 12.1 Å². The van der Waals surface area contributed by atoms with E-state index < -0.39 is 17.8 Å². The molecule has 0 amide bonds. The van der Waals surface area contributed by atoms with Crippen molar-refractivity contribution in [2.45, 2.75) is 51.8 Å². The largest absolute Gasteiger partial charge is 0.416 e. The van der Waals surface area contributed by atoms with E-state index in [2.05, 4.69) is 13.8 Å². The third-order valence-electron chi connectivity index (χ3n) is 4.79. The van der Waals surface area contributed by atoms with Crippen molar-refractivity contribution in [2.24, 2.45) is 17.8 Å². The predicted octanol–water partition coefficient (Wildman–Crippen LogP) is 5.20. The maximum atomic E-state index is 12.5. The van der Waals surface area contributed by atoms with Crippen LogP contribution in [0.2, 0.25) is 0 Å². The minimum atomic E-state index is -4.32. The zero-order valence-electron chi connectivity index (χ0n) is 12.5. The summed E-state index contributed by atoms with van der Waals surface area (Å²) >= 11 is 0. The second-order valence-electron chi connectivity index (χ2n) is 6.48. The molecule has 4 heteroatoms. The highest BCUT2D eigenvalue weighted by molar-refractivity contribution is 5.26. The average Bonchev–Trinajstić information content (AvgIpc) is 2.46. The number of aliphatic hydroxyl groups is 1. The van der Waals surface area contributed by atoms with Gasteiger partial charge in [-0.25, -0.2) is 0 Å². The van der Waals surface area contributed by atoms with Gasteiger partial charge in [0.25, 0.3) is 0 Å². The Hall–Kier alpha value is -1.03. The standard InChI is InChI=1S/C17H23F3O/c1-11(2)12-3-5-13(6-4-12)16(21)14-7-9-15(10-8-14)17(18,19)20/h7-13,16,21H,3-6H2,1-2H3. The van der Waals surface area contributed by atoms with Crippen molar-refractivity contribution in [3.05, 3.63) is 35.4 Å². The number of alkyl halides is 3. The number of halogens is 3. The van der Waals surface area contributed by atoms with Crippen molar-refractivity contribution >= 4 is 0 Å². The minimum Gasteiger partial charge on any atom is -0.388 e. The van der Waals surface area contributed by atoms with Gasteiger partial charge in [-0.3, -0.25) is 0 Å². The number of rotatable bonds is 3. The van der Waals surface area contributed by atoms with Gasteiger partial charge in [0.2, 0.25) is 0 Å². The first kappa shape index (κ1) is 16.3. The van der Waals surface area contributed by atoms with Gasteiger partial charge in [-0.1, -0.05) is 26.0 Å². The lowest BCUT2D eigenvalue weighted by atomic mass is 9.74. The molecule has 21 heavy (non-hydrogen) atoms. The Bertz CT molecular complexity index is 442. The molecule has 0 aromatic heterocycles. The van der Waals surface area contributed by atoms with Gasteiger partial charge in [0.05, 0.1) is 11.7 Å². The molecule has 1 fully saturated rings. The molecule has 1 atom stereocenters. The molecule has 1 N–H and O–H groups in total. The summed E-state index contributed by atoms with van der Waals surface area (Å²) in [5.41, 5.74) is -0.0713. The fourth-order valence-electron chi connectivity index (χ4n) is 3.27. The van der Waals surface area contributed by atoms with Gasteiger partial charge in [-0.15, -0.1) is 0 Å². The molecule has 0 radical (unpaired) electrons. The lowest BCUT2D eigenvalue weighted by Crippen LogP contribution is -2.23. The lowest BCUT2D eigenvalue weighted by molar-refractivity contribution is -0.137. The smallest absolute Gasteiger partial charge is 0.388 e. The highest BCUT2D eigenvalue weighted by atomic mass is 19.4. The summed E-state index contributed by atoms with van der Waals surface area (Å²) in [4.78, 5) is 0. The van der Waals surface area contributed by atoms with Crippen LogP contribution in [0.4, 0.5) is 13.2 Å². The summed E-state index contributed by atoms with van der Waals surface area (Å²) < 4.78 is 37.6. The van der Waals surface area contributed by atoms with Crippen molar-refractivity contribution in [3.63, 3.8) is 0 Å². The van der Waals surface area contributed by atoms with Crippen LogP contribution in [-0.2, 0) is 6.18 Å². The van der Waals surface area contributed by atoms with Crippen LogP contribution in [0.3, 0.4) is 0 Å². The van der Waals surface area contributed by atoms with Gasteiger partial charge in [0.15, 0.2) is 0 Å². The Kier molecular flexibility index (Phi) is 4.97. The molecule has 118 valence electrons. The van der Waals surface area contributed by atoms with Gasteiger partial charge in [0, 0.05) is 0 Å². The SMILES string of the molecule is CC(C)C1CCC(C(O)c2ccc(C(F)(F)F)cc2)CC1. The molecular weight excluding hydrogens is 277 g/mol. The normalized spacial score (nSPS) is 25.1. The van der Waals surface area contributed by atoms with Gasteiger partial charge in [-0.05, 0) is 61.1 Å². The van der Waals surface area contributed by atoms with Gasteiger partial charge in [-0.2, -0.15) is 13.2 Å². The van der Waals surface area contributed by atoms with Crippen molar-refractivity contribution in [1.82, 2.24) is 0 Å². The molecule has 0 spiro atoms. The van der Waals surface area contributed by atoms with E-state index in [1.54, 1.807) is 0 Å². The fourth-order valence-corrected chi connectivity index (χ4v) is 3.27. The fraction of sp³-hybridized carbons (Fsp3) is 0.647. The molecule has 1 aliphatic rings. The summed E-state index contributed by atoms with van der Waals surface area (Å²) in [6.07, 6.45) is -0.880. The van der Waals surface area contributed by atoms with E-state index in [1.807, 2.05) is 0 Å². The van der Waals surface area contributed by atoms with Crippen LogP contribution in [0.1, 0.15) is 56.8 Å². The molecule has 0 heterocycles. The van der Waals surface area contributed by atoms with E-state index in [9.17, 15) is 18.3 Å². The molecule has 2 rings (SSSR count). The van der Waals surface area contributed by atoms with E-state index in [0.29, 0.717) is 17.4 Å². The zero-order valence-corrected chi connectivity index (χ0v) is 12.5. The van der Waals surface area contributed by atoms with Gasteiger partial charge < -0.3 is 5.11 Å². The van der Waals surface area contributed by atoms with E-state index in [-0.39, 0.29) is 5.92 Å². The molecule has 1 aromatic carbocycles. The third kappa shape index (κ3) is 4.00. The summed E-state index contributed by atoms with van der Waals surface area (Å²) in [5.74, 6) is 1.53. The summed E-state index contributed by atoms with van der Waals surface area (Å²) in [5, 5.41) is 10.4. The Labute approximate surface area is 124 Å². The van der Waals surface area contributed by atoms with Crippen LogP contribution >= 0.6 is 0 Å². The van der Waals surface area contributed by atoms with Crippen LogP contribution in [0.5, 0.6) is 0 Å². The molecule has 1 aliphatic carbocycles. The van der Waals surface area contributed by atoms with Gasteiger partial charge >= 0.3 is 6.18 Å². The highest BCUT2D eigenvalue weighted by Gasteiger charge is 2.31. The Morgan fingerprint density at radius 1 is 0.952 bits per heavy atom. The lowest BCUT2D eigenvalue weighted by Gasteiger charge is -2.33. The Morgan fingerprint density at radius 2 is 1.43 bits per heavy atom. The van der Waals surface area contributed by atoms with Crippen molar-refractivity contribution in [3.8, 4) is 0 Å². The maximum absolute atomic E-state index is 12.5. The first-order valence-corrected chi connectivity index (χ1v) is 7.64. The molecule has 0 saturated heterocycles. The van der Waals surface area contributed by atoms with Crippen molar-refractivity contribution in [1.29, 1.82) is 0 Å². The summed E-state index contributed by atoms with van der Waals surface area (Å²) in [6.45, 7) is 4.44. The first-order valence-electron chi connectivity index (χ1n) is 7.64. The van der Waals surface area contributed by atoms with E-state index in [0.717, 1.165) is 37.8 Å². The molecule has 1 nitrogen and oxygen atoms in total. The maximum Gasteiger partial charge on any atom is 0.416 e. The third-order valence-corrected chi connectivity index (χ3v) is 4.79. The van der Waals surface area contributed by atoms with E-state index >= 15 is 0 Å². The topological polar surface area (TPSA) is 20.2 Å². The first-order chi connectivity index (χ1) is 9.79. The van der Waals surface area contributed by atoms with Crippen LogP contribution in [0, 0.1) is 17.8 Å². The second kappa shape index (κ2) is 6.39. The van der Waals surface area contributed by atoms with Crippen molar-refractivity contribution in [2.75, 3.05) is 0 Å². The molecule has 1 aromatic rings.